The van der Waals surface area contributed by atoms with Crippen LogP contribution >= 0.6 is 0 Å². The van der Waals surface area contributed by atoms with Crippen LogP contribution in [0.2, 0.25) is 0 Å². The van der Waals surface area contributed by atoms with Gasteiger partial charge in [0.1, 0.15) is 0 Å². The van der Waals surface area contributed by atoms with E-state index < -0.39 is 0 Å². The molecule has 1 aromatic heterocycles. The average Bonchev–Trinajstić information content (AvgIpc) is 2.92. The molecule has 0 amide bonds. The largest absolute Gasteiger partial charge is 0.379 e. The summed E-state index contributed by atoms with van der Waals surface area (Å²) in [6.45, 7) is 1.33. The number of benzene rings is 4. The fourth-order valence-electron chi connectivity index (χ4n) is 4.11. The second-order valence-corrected chi connectivity index (χ2v) is 8.15. The number of anilines is 2. The Morgan fingerprint density at radius 3 is 1.29 bits per heavy atom. The van der Waals surface area contributed by atoms with E-state index in [1.807, 2.05) is 12.1 Å². The maximum Gasteiger partial charge on any atom is 0.0598 e. The van der Waals surface area contributed by atoms with Crippen LogP contribution in [0.25, 0.3) is 22.3 Å². The fourth-order valence-corrected chi connectivity index (χ4v) is 4.11. The first-order valence-corrected chi connectivity index (χ1v) is 11.6. The molecule has 0 aliphatic rings. The second kappa shape index (κ2) is 10.5. The van der Waals surface area contributed by atoms with Crippen molar-refractivity contribution in [2.24, 2.45) is 0 Å². The fraction of sp³-hybridized carbons (Fsp3) is 0.0645. The molecule has 5 rings (SSSR count). The number of nitrogens with one attached hydrogen (secondary N) is 2. The van der Waals surface area contributed by atoms with Crippen LogP contribution in [0.1, 0.15) is 11.4 Å². The monoisotopic (exact) mass is 441 g/mol. The molecule has 0 radical (unpaired) electrons. The second-order valence-electron chi connectivity index (χ2n) is 8.15. The van der Waals surface area contributed by atoms with Crippen LogP contribution < -0.4 is 10.6 Å². The lowest BCUT2D eigenvalue weighted by Crippen LogP contribution is -2.07. The maximum absolute atomic E-state index is 4.88. The van der Waals surface area contributed by atoms with Crippen LogP contribution in [-0.4, -0.2) is 4.98 Å². The van der Waals surface area contributed by atoms with Gasteiger partial charge >= 0.3 is 0 Å². The Morgan fingerprint density at radius 2 is 0.824 bits per heavy atom. The lowest BCUT2D eigenvalue weighted by atomic mass is 10.0. The van der Waals surface area contributed by atoms with Crippen molar-refractivity contribution < 1.29 is 0 Å². The topological polar surface area (TPSA) is 37.0 Å². The van der Waals surface area contributed by atoms with Crippen molar-refractivity contribution in [3.63, 3.8) is 0 Å². The summed E-state index contributed by atoms with van der Waals surface area (Å²) in [5.41, 5.74) is 9.03. The third-order valence-electron chi connectivity index (χ3n) is 5.81. The van der Waals surface area contributed by atoms with Gasteiger partial charge in [-0.2, -0.15) is 0 Å². The van der Waals surface area contributed by atoms with Gasteiger partial charge in [0.2, 0.25) is 0 Å². The molecule has 0 saturated heterocycles. The minimum absolute atomic E-state index is 0.665. The first-order valence-electron chi connectivity index (χ1n) is 11.6. The molecule has 166 valence electrons. The summed E-state index contributed by atoms with van der Waals surface area (Å²) in [4.78, 5) is 4.88. The van der Waals surface area contributed by atoms with Crippen LogP contribution in [0, 0.1) is 0 Å². The van der Waals surface area contributed by atoms with Gasteiger partial charge < -0.3 is 10.6 Å². The molecule has 0 aliphatic heterocycles. The lowest BCUT2D eigenvalue weighted by Gasteiger charge is -2.14. The Morgan fingerprint density at radius 1 is 0.412 bits per heavy atom. The lowest BCUT2D eigenvalue weighted by molar-refractivity contribution is 0.966. The highest BCUT2D eigenvalue weighted by molar-refractivity contribution is 5.78. The Bertz CT molecular complexity index is 1250. The number of pyridine rings is 1. The van der Waals surface area contributed by atoms with Crippen LogP contribution in [0.4, 0.5) is 11.4 Å². The predicted octanol–water partition coefficient (Wildman–Crippen LogP) is 7.64. The van der Waals surface area contributed by atoms with E-state index in [0.717, 1.165) is 22.8 Å². The number of nitrogens with zero attached hydrogens (tertiary/aromatic N) is 1. The maximum atomic E-state index is 4.88. The zero-order valence-electron chi connectivity index (χ0n) is 19.0. The summed E-state index contributed by atoms with van der Waals surface area (Å²) in [5.74, 6) is 0. The Balaban J connectivity index is 1.28. The normalized spacial score (nSPS) is 10.6. The molecule has 1 heterocycles. The van der Waals surface area contributed by atoms with Gasteiger partial charge in [0.05, 0.1) is 24.5 Å². The predicted molar refractivity (Wildman–Crippen MR) is 143 cm³/mol. The highest BCUT2D eigenvalue weighted by Crippen LogP contribution is 2.29. The molecule has 34 heavy (non-hydrogen) atoms. The molecule has 0 atom stereocenters. The Labute approximate surface area is 201 Å². The summed E-state index contributed by atoms with van der Waals surface area (Å²) in [7, 11) is 0. The Hall–Kier alpha value is -4.37. The molecule has 0 spiro atoms. The van der Waals surface area contributed by atoms with Crippen LogP contribution in [-0.2, 0) is 13.1 Å². The SMILES string of the molecule is c1ccc(-c2ccccc2NCc2cccc(CNc3ccccc3-c3ccccc3)n2)cc1. The summed E-state index contributed by atoms with van der Waals surface area (Å²) >= 11 is 0. The van der Waals surface area contributed by atoms with Gasteiger partial charge in [0.25, 0.3) is 0 Å². The van der Waals surface area contributed by atoms with Crippen molar-refractivity contribution in [3.05, 3.63) is 139 Å². The molecular formula is C31H27N3. The van der Waals surface area contributed by atoms with Crippen LogP contribution in [0.15, 0.2) is 127 Å². The number of hydrogen-bond acceptors (Lipinski definition) is 3. The van der Waals surface area contributed by atoms with Gasteiger partial charge in [-0.15, -0.1) is 0 Å². The van der Waals surface area contributed by atoms with E-state index in [4.69, 9.17) is 4.98 Å². The van der Waals surface area contributed by atoms with Gasteiger partial charge in [-0.3, -0.25) is 4.98 Å². The first-order chi connectivity index (χ1) is 16.9. The van der Waals surface area contributed by atoms with E-state index in [1.54, 1.807) is 0 Å². The molecule has 2 N–H and O–H groups in total. The van der Waals surface area contributed by atoms with Crippen molar-refractivity contribution >= 4 is 11.4 Å². The van der Waals surface area contributed by atoms with E-state index in [9.17, 15) is 0 Å². The standard InChI is InChI=1S/C31H27N3/c1-3-12-24(13-4-1)28-18-7-9-20-30(28)32-22-26-16-11-17-27(34-26)23-33-31-21-10-8-19-29(31)25-14-5-2-6-15-25/h1-21,32-33H,22-23H2. The van der Waals surface area contributed by atoms with E-state index in [1.165, 1.54) is 22.3 Å². The van der Waals surface area contributed by atoms with Crippen molar-refractivity contribution in [3.8, 4) is 22.3 Å². The summed E-state index contributed by atoms with van der Waals surface area (Å²) in [6, 6.07) is 43.9. The van der Waals surface area contributed by atoms with Crippen molar-refractivity contribution in [1.29, 1.82) is 0 Å². The quantitative estimate of drug-likeness (QED) is 0.260. The Kier molecular flexibility index (Phi) is 6.63. The van der Waals surface area contributed by atoms with E-state index in [2.05, 4.69) is 126 Å². The van der Waals surface area contributed by atoms with Crippen LogP contribution in [0.3, 0.4) is 0 Å². The molecule has 0 aliphatic carbocycles. The zero-order chi connectivity index (χ0) is 23.0. The molecule has 0 unspecified atom stereocenters. The number of aromatic nitrogens is 1. The third-order valence-corrected chi connectivity index (χ3v) is 5.81. The molecule has 5 aromatic rings. The number of para-hydroxylation sites is 2. The zero-order valence-corrected chi connectivity index (χ0v) is 19.0. The minimum atomic E-state index is 0.665. The summed E-state index contributed by atoms with van der Waals surface area (Å²) in [5, 5.41) is 7.15. The van der Waals surface area contributed by atoms with Gasteiger partial charge in [-0.1, -0.05) is 103 Å². The minimum Gasteiger partial charge on any atom is -0.379 e. The van der Waals surface area contributed by atoms with E-state index in [0.29, 0.717) is 13.1 Å². The molecule has 0 saturated carbocycles. The highest BCUT2D eigenvalue weighted by atomic mass is 14.9. The van der Waals surface area contributed by atoms with E-state index in [-0.39, 0.29) is 0 Å². The van der Waals surface area contributed by atoms with Crippen molar-refractivity contribution in [2.45, 2.75) is 13.1 Å². The van der Waals surface area contributed by atoms with Gasteiger partial charge in [0, 0.05) is 22.5 Å². The molecule has 0 fully saturated rings. The smallest absolute Gasteiger partial charge is 0.0598 e. The van der Waals surface area contributed by atoms with Gasteiger partial charge in [0.15, 0.2) is 0 Å². The molecular weight excluding hydrogens is 414 g/mol. The molecule has 3 nitrogen and oxygen atoms in total. The highest BCUT2D eigenvalue weighted by Gasteiger charge is 2.07. The van der Waals surface area contributed by atoms with Crippen LogP contribution in [0.5, 0.6) is 0 Å². The average molecular weight is 442 g/mol. The third kappa shape index (κ3) is 5.16. The molecule has 4 aromatic carbocycles. The van der Waals surface area contributed by atoms with Crippen molar-refractivity contribution in [2.75, 3.05) is 10.6 Å². The van der Waals surface area contributed by atoms with E-state index >= 15 is 0 Å². The molecule has 0 bridgehead atoms. The summed E-state index contributed by atoms with van der Waals surface area (Å²) in [6.07, 6.45) is 0. The van der Waals surface area contributed by atoms with Gasteiger partial charge in [-0.25, -0.2) is 0 Å². The van der Waals surface area contributed by atoms with Gasteiger partial charge in [-0.05, 0) is 35.4 Å². The first kappa shape index (κ1) is 21.5. The number of rotatable bonds is 8. The molecule has 3 heteroatoms. The van der Waals surface area contributed by atoms with Crippen molar-refractivity contribution in [1.82, 2.24) is 4.98 Å². The number of hydrogen-bond donors (Lipinski definition) is 2. The summed E-state index contributed by atoms with van der Waals surface area (Å²) < 4.78 is 0.